The second-order valence-electron chi connectivity index (χ2n) is 6.35. The first-order valence-electron chi connectivity index (χ1n) is 7.68. The van der Waals surface area contributed by atoms with Crippen molar-refractivity contribution in [2.75, 3.05) is 46.8 Å². The van der Waals surface area contributed by atoms with Gasteiger partial charge in [-0.15, -0.1) is 0 Å². The van der Waals surface area contributed by atoms with Crippen LogP contribution in [0.3, 0.4) is 0 Å². The van der Waals surface area contributed by atoms with Crippen molar-refractivity contribution in [1.29, 1.82) is 0 Å². The summed E-state index contributed by atoms with van der Waals surface area (Å²) in [6.07, 6.45) is 5.41. The monoisotopic (exact) mass is 255 g/mol. The highest BCUT2D eigenvalue weighted by Crippen LogP contribution is 2.15. The molecule has 0 radical (unpaired) electrons. The van der Waals surface area contributed by atoms with Crippen molar-refractivity contribution < 1.29 is 0 Å². The molecular formula is C15H33N3. The highest BCUT2D eigenvalue weighted by atomic mass is 15.1. The Morgan fingerprint density at radius 1 is 1.28 bits per heavy atom. The van der Waals surface area contributed by atoms with Gasteiger partial charge in [0.1, 0.15) is 0 Å². The average molecular weight is 255 g/mol. The zero-order valence-electron chi connectivity index (χ0n) is 12.9. The number of nitrogens with zero attached hydrogens (tertiary/aromatic N) is 2. The number of hydrogen-bond acceptors (Lipinski definition) is 3. The first kappa shape index (κ1) is 15.9. The van der Waals surface area contributed by atoms with E-state index in [0.717, 1.165) is 5.92 Å². The summed E-state index contributed by atoms with van der Waals surface area (Å²) in [5.41, 5.74) is 0. The number of hydrogen-bond donors (Lipinski definition) is 1. The number of rotatable bonds is 9. The quantitative estimate of drug-likeness (QED) is 0.636. The van der Waals surface area contributed by atoms with E-state index in [1.807, 2.05) is 0 Å². The van der Waals surface area contributed by atoms with Crippen molar-refractivity contribution in [1.82, 2.24) is 15.1 Å². The van der Waals surface area contributed by atoms with Crippen LogP contribution in [0, 0.1) is 5.92 Å². The molecule has 0 aromatic heterocycles. The molecule has 1 aliphatic heterocycles. The summed E-state index contributed by atoms with van der Waals surface area (Å²) in [6, 6.07) is 0.632. The average Bonchev–Trinajstić information content (AvgIpc) is 2.68. The molecular weight excluding hydrogens is 222 g/mol. The maximum absolute atomic E-state index is 3.48. The van der Waals surface area contributed by atoms with E-state index >= 15 is 0 Å². The van der Waals surface area contributed by atoms with E-state index in [1.54, 1.807) is 0 Å². The van der Waals surface area contributed by atoms with Gasteiger partial charge in [0.2, 0.25) is 0 Å². The Morgan fingerprint density at radius 2 is 2.06 bits per heavy atom. The molecule has 0 aromatic carbocycles. The maximum Gasteiger partial charge on any atom is 0.00193 e. The minimum Gasteiger partial charge on any atom is -0.315 e. The van der Waals surface area contributed by atoms with Crippen LogP contribution in [0.25, 0.3) is 0 Å². The largest absolute Gasteiger partial charge is 0.315 e. The molecule has 3 heteroatoms. The molecule has 1 fully saturated rings. The Bertz CT molecular complexity index is 206. The van der Waals surface area contributed by atoms with Gasteiger partial charge in [-0.25, -0.2) is 0 Å². The zero-order valence-corrected chi connectivity index (χ0v) is 12.9. The second-order valence-corrected chi connectivity index (χ2v) is 6.35. The molecule has 0 amide bonds. The van der Waals surface area contributed by atoms with Crippen molar-refractivity contribution in [2.45, 2.75) is 45.6 Å². The Balaban J connectivity index is 1.92. The Labute approximate surface area is 114 Å². The van der Waals surface area contributed by atoms with E-state index in [1.165, 1.54) is 58.4 Å². The van der Waals surface area contributed by atoms with Gasteiger partial charge in [-0.2, -0.15) is 0 Å². The van der Waals surface area contributed by atoms with Gasteiger partial charge in [-0.05, 0) is 58.9 Å². The Kier molecular flexibility index (Phi) is 7.87. The fraction of sp³-hybridized carbons (Fsp3) is 1.00. The molecule has 1 unspecified atom stereocenters. The molecule has 1 rings (SSSR count). The third-order valence-electron chi connectivity index (χ3n) is 3.83. The minimum absolute atomic E-state index is 0.632. The lowest BCUT2D eigenvalue weighted by Crippen LogP contribution is -2.28. The van der Waals surface area contributed by atoms with Crippen molar-refractivity contribution >= 4 is 0 Å². The van der Waals surface area contributed by atoms with Gasteiger partial charge in [0, 0.05) is 19.1 Å². The van der Waals surface area contributed by atoms with Gasteiger partial charge in [-0.1, -0.05) is 20.3 Å². The number of nitrogens with one attached hydrogen (secondary N) is 1. The van der Waals surface area contributed by atoms with Crippen LogP contribution < -0.4 is 5.32 Å². The summed E-state index contributed by atoms with van der Waals surface area (Å²) in [6.45, 7) is 10.7. The predicted molar refractivity (Wildman–Crippen MR) is 80.1 cm³/mol. The van der Waals surface area contributed by atoms with E-state index in [2.05, 4.69) is 43.1 Å². The topological polar surface area (TPSA) is 18.5 Å². The van der Waals surface area contributed by atoms with E-state index in [0.29, 0.717) is 6.04 Å². The van der Waals surface area contributed by atoms with E-state index in [-0.39, 0.29) is 0 Å². The molecule has 1 aliphatic rings. The van der Waals surface area contributed by atoms with E-state index in [4.69, 9.17) is 0 Å². The predicted octanol–water partition coefficient (Wildman–Crippen LogP) is 2.04. The summed E-state index contributed by atoms with van der Waals surface area (Å²) >= 11 is 0. The van der Waals surface area contributed by atoms with Crippen molar-refractivity contribution in [3.05, 3.63) is 0 Å². The summed E-state index contributed by atoms with van der Waals surface area (Å²) in [7, 11) is 4.52. The van der Waals surface area contributed by atoms with Gasteiger partial charge in [-0.3, -0.25) is 0 Å². The SMILES string of the molecule is CC(C)NCCCCCN(C)CC1CCN(C)C1. The Morgan fingerprint density at radius 3 is 2.67 bits per heavy atom. The Hall–Kier alpha value is -0.120. The van der Waals surface area contributed by atoms with Gasteiger partial charge >= 0.3 is 0 Å². The van der Waals surface area contributed by atoms with Crippen molar-refractivity contribution in [2.24, 2.45) is 5.92 Å². The molecule has 0 aliphatic carbocycles. The molecule has 0 bridgehead atoms. The highest BCUT2D eigenvalue weighted by molar-refractivity contribution is 4.75. The summed E-state index contributed by atoms with van der Waals surface area (Å²) in [5, 5.41) is 3.48. The van der Waals surface area contributed by atoms with Crippen LogP contribution in [0.15, 0.2) is 0 Å². The molecule has 0 spiro atoms. The molecule has 1 heterocycles. The van der Waals surface area contributed by atoms with Gasteiger partial charge < -0.3 is 15.1 Å². The van der Waals surface area contributed by atoms with E-state index < -0.39 is 0 Å². The van der Waals surface area contributed by atoms with Gasteiger partial charge in [0.15, 0.2) is 0 Å². The molecule has 3 nitrogen and oxygen atoms in total. The molecule has 0 saturated carbocycles. The van der Waals surface area contributed by atoms with Gasteiger partial charge in [0.05, 0.1) is 0 Å². The summed E-state index contributed by atoms with van der Waals surface area (Å²) in [5.74, 6) is 0.905. The first-order chi connectivity index (χ1) is 8.58. The molecule has 0 aromatic rings. The molecule has 1 saturated heterocycles. The zero-order chi connectivity index (χ0) is 13.4. The highest BCUT2D eigenvalue weighted by Gasteiger charge is 2.20. The lowest BCUT2D eigenvalue weighted by atomic mass is 10.1. The van der Waals surface area contributed by atoms with E-state index in [9.17, 15) is 0 Å². The fourth-order valence-electron chi connectivity index (χ4n) is 2.78. The smallest absolute Gasteiger partial charge is 0.00193 e. The third-order valence-corrected chi connectivity index (χ3v) is 3.83. The van der Waals surface area contributed by atoms with Crippen molar-refractivity contribution in [3.8, 4) is 0 Å². The van der Waals surface area contributed by atoms with Crippen LogP contribution in [0.2, 0.25) is 0 Å². The van der Waals surface area contributed by atoms with Crippen LogP contribution >= 0.6 is 0 Å². The summed E-state index contributed by atoms with van der Waals surface area (Å²) < 4.78 is 0. The number of likely N-dealkylation sites (tertiary alicyclic amines) is 1. The maximum atomic E-state index is 3.48. The van der Waals surface area contributed by atoms with Crippen LogP contribution in [0.4, 0.5) is 0 Å². The van der Waals surface area contributed by atoms with Crippen molar-refractivity contribution in [3.63, 3.8) is 0 Å². The van der Waals surface area contributed by atoms with Crippen LogP contribution in [0.1, 0.15) is 39.5 Å². The molecule has 108 valence electrons. The fourth-order valence-corrected chi connectivity index (χ4v) is 2.78. The minimum atomic E-state index is 0.632. The summed E-state index contributed by atoms with van der Waals surface area (Å²) in [4.78, 5) is 4.98. The van der Waals surface area contributed by atoms with Crippen LogP contribution in [-0.4, -0.2) is 62.7 Å². The molecule has 18 heavy (non-hydrogen) atoms. The first-order valence-corrected chi connectivity index (χ1v) is 7.68. The second kappa shape index (κ2) is 8.89. The lowest BCUT2D eigenvalue weighted by molar-refractivity contribution is 0.268. The standard InChI is InChI=1S/C15H33N3/c1-14(2)16-9-6-5-7-10-17(3)12-15-8-11-18(4)13-15/h14-16H,5-13H2,1-4H3. The normalized spacial score (nSPS) is 21.3. The lowest BCUT2D eigenvalue weighted by Gasteiger charge is -2.20. The van der Waals surface area contributed by atoms with Crippen LogP contribution in [-0.2, 0) is 0 Å². The third kappa shape index (κ3) is 7.34. The van der Waals surface area contributed by atoms with Crippen LogP contribution in [0.5, 0.6) is 0 Å². The molecule has 1 atom stereocenters. The molecule has 1 N–H and O–H groups in total. The number of unbranched alkanes of at least 4 members (excludes halogenated alkanes) is 2. The van der Waals surface area contributed by atoms with Gasteiger partial charge in [0.25, 0.3) is 0 Å².